The van der Waals surface area contributed by atoms with Gasteiger partial charge in [0.1, 0.15) is 11.6 Å². The number of carbonyl (C=O) groups excluding carboxylic acids is 1. The molecule has 0 saturated carbocycles. The van der Waals surface area contributed by atoms with Gasteiger partial charge in [0.25, 0.3) is 10.0 Å². The highest BCUT2D eigenvalue weighted by atomic mass is 32.2. The predicted molar refractivity (Wildman–Crippen MR) is 141 cm³/mol. The molecule has 0 unspecified atom stereocenters. The van der Waals surface area contributed by atoms with E-state index in [9.17, 15) is 17.6 Å². The molecule has 0 aliphatic heterocycles. The molecule has 3 aromatic carbocycles. The number of allylic oxidation sites excluding steroid dienone is 1. The standard InChI is InChI=1S/C27H24F2N2O4S2/c1-17-5-8-19(9-6-17)37(33,34)31-14-11-20-24(31)16-23(29)26(27(20)36-4)35-18-7-10-22(28)21(15-18)25(32)12-13-30(2)3/h5-16H,1-4H3. The maximum atomic E-state index is 15.4. The number of hydrogen-bond donors (Lipinski definition) is 0. The molecule has 6 nitrogen and oxygen atoms in total. The topological polar surface area (TPSA) is 68.6 Å². The minimum Gasteiger partial charge on any atom is -0.453 e. The molecule has 0 saturated heterocycles. The van der Waals surface area contributed by atoms with Crippen LogP contribution in [0.25, 0.3) is 10.9 Å². The average Bonchev–Trinajstić information content (AvgIpc) is 3.28. The largest absolute Gasteiger partial charge is 0.453 e. The first-order valence-corrected chi connectivity index (χ1v) is 13.8. The first-order valence-electron chi connectivity index (χ1n) is 11.1. The van der Waals surface area contributed by atoms with Crippen LogP contribution in [0.2, 0.25) is 0 Å². The Bertz CT molecular complexity index is 1630. The van der Waals surface area contributed by atoms with Crippen LogP contribution in [0.1, 0.15) is 15.9 Å². The van der Waals surface area contributed by atoms with Crippen molar-refractivity contribution in [2.24, 2.45) is 0 Å². The molecule has 4 aromatic rings. The van der Waals surface area contributed by atoms with Gasteiger partial charge in [-0.25, -0.2) is 21.2 Å². The van der Waals surface area contributed by atoms with Gasteiger partial charge in [-0.05, 0) is 49.6 Å². The molecular weight excluding hydrogens is 518 g/mol. The molecule has 0 amide bonds. The van der Waals surface area contributed by atoms with Crippen molar-refractivity contribution in [1.29, 1.82) is 0 Å². The Morgan fingerprint density at radius 2 is 1.73 bits per heavy atom. The number of aryl methyl sites for hydroxylation is 1. The third kappa shape index (κ3) is 5.26. The maximum Gasteiger partial charge on any atom is 0.268 e. The van der Waals surface area contributed by atoms with Crippen LogP contribution in [-0.4, -0.2) is 43.4 Å². The van der Waals surface area contributed by atoms with Crippen molar-refractivity contribution >= 4 is 38.5 Å². The number of benzene rings is 3. The van der Waals surface area contributed by atoms with Gasteiger partial charge in [0.2, 0.25) is 0 Å². The highest BCUT2D eigenvalue weighted by molar-refractivity contribution is 7.99. The minimum atomic E-state index is -3.97. The molecule has 1 heterocycles. The molecular formula is C27H24F2N2O4S2. The fourth-order valence-electron chi connectivity index (χ4n) is 3.69. The molecule has 0 spiro atoms. The van der Waals surface area contributed by atoms with Gasteiger partial charge in [-0.2, -0.15) is 0 Å². The molecule has 0 fully saturated rings. The zero-order chi connectivity index (χ0) is 26.9. The van der Waals surface area contributed by atoms with E-state index in [2.05, 4.69) is 0 Å². The molecule has 1 aromatic heterocycles. The minimum absolute atomic E-state index is 0.0586. The van der Waals surface area contributed by atoms with Crippen LogP contribution in [0.5, 0.6) is 11.5 Å². The average molecular weight is 543 g/mol. The SMILES string of the molecule is CSc1c(Oc2ccc(F)c(C(=O)C=CN(C)C)c2)c(F)cc2c1ccn2S(=O)(=O)c1ccc(C)cc1. The molecule has 192 valence electrons. The molecule has 0 aliphatic carbocycles. The zero-order valence-electron chi connectivity index (χ0n) is 20.5. The number of aromatic nitrogens is 1. The first-order chi connectivity index (χ1) is 17.5. The normalized spacial score (nSPS) is 11.8. The molecule has 0 atom stereocenters. The summed E-state index contributed by atoms with van der Waals surface area (Å²) in [5, 5.41) is 0.465. The molecule has 0 aliphatic rings. The van der Waals surface area contributed by atoms with E-state index in [4.69, 9.17) is 4.74 Å². The lowest BCUT2D eigenvalue weighted by molar-refractivity contribution is 0.104. The Labute approximate surface area is 218 Å². The Hall–Kier alpha value is -3.63. The van der Waals surface area contributed by atoms with Crippen molar-refractivity contribution in [3.8, 4) is 11.5 Å². The summed E-state index contributed by atoms with van der Waals surface area (Å²) in [6.07, 6.45) is 5.79. The van der Waals surface area contributed by atoms with E-state index in [0.29, 0.717) is 10.3 Å². The number of ether oxygens (including phenoxy) is 1. The van der Waals surface area contributed by atoms with E-state index in [1.807, 2.05) is 6.92 Å². The van der Waals surface area contributed by atoms with Crippen molar-refractivity contribution in [3.63, 3.8) is 0 Å². The third-order valence-corrected chi connectivity index (χ3v) is 8.07. The number of nitrogens with zero attached hydrogens (tertiary/aromatic N) is 2. The Kier molecular flexibility index (Phi) is 7.42. The number of rotatable bonds is 8. The lowest BCUT2D eigenvalue weighted by Crippen LogP contribution is -2.12. The van der Waals surface area contributed by atoms with Gasteiger partial charge in [-0.3, -0.25) is 4.79 Å². The van der Waals surface area contributed by atoms with Gasteiger partial charge in [0.15, 0.2) is 17.3 Å². The highest BCUT2D eigenvalue weighted by Crippen LogP contribution is 2.41. The number of ketones is 1. The van der Waals surface area contributed by atoms with Gasteiger partial charge < -0.3 is 9.64 Å². The number of fused-ring (bicyclic) bond motifs is 1. The summed E-state index contributed by atoms with van der Waals surface area (Å²) in [6.45, 7) is 1.85. The number of halogens is 2. The smallest absolute Gasteiger partial charge is 0.268 e. The zero-order valence-corrected chi connectivity index (χ0v) is 22.2. The number of hydrogen-bond acceptors (Lipinski definition) is 6. The van der Waals surface area contributed by atoms with Crippen LogP contribution in [0.3, 0.4) is 0 Å². The number of thioether (sulfide) groups is 1. The monoisotopic (exact) mass is 542 g/mol. The van der Waals surface area contributed by atoms with Crippen molar-refractivity contribution < 1.29 is 26.7 Å². The van der Waals surface area contributed by atoms with Gasteiger partial charge >= 0.3 is 0 Å². The second-order valence-corrected chi connectivity index (χ2v) is 11.1. The second-order valence-electron chi connectivity index (χ2n) is 8.47. The van der Waals surface area contributed by atoms with E-state index < -0.39 is 27.4 Å². The summed E-state index contributed by atoms with van der Waals surface area (Å²) < 4.78 is 63.1. The van der Waals surface area contributed by atoms with Crippen molar-refractivity contribution in [2.75, 3.05) is 20.4 Å². The van der Waals surface area contributed by atoms with E-state index in [1.54, 1.807) is 43.5 Å². The molecule has 4 rings (SSSR count). The third-order valence-electron chi connectivity index (χ3n) is 5.55. The Morgan fingerprint density at radius 3 is 2.38 bits per heavy atom. The van der Waals surface area contributed by atoms with Gasteiger partial charge in [-0.1, -0.05) is 17.7 Å². The maximum absolute atomic E-state index is 15.4. The van der Waals surface area contributed by atoms with Crippen molar-refractivity contribution in [2.45, 2.75) is 16.7 Å². The molecule has 10 heteroatoms. The summed E-state index contributed by atoms with van der Waals surface area (Å²) in [4.78, 5) is 14.5. The summed E-state index contributed by atoms with van der Waals surface area (Å²) >= 11 is 1.17. The van der Waals surface area contributed by atoms with E-state index in [1.165, 1.54) is 54.5 Å². The number of carbonyl (C=O) groups is 1. The summed E-state index contributed by atoms with van der Waals surface area (Å²) in [5.41, 5.74) is 0.838. The van der Waals surface area contributed by atoms with Crippen LogP contribution >= 0.6 is 11.8 Å². The van der Waals surface area contributed by atoms with E-state index >= 15 is 4.39 Å². The molecule has 0 N–H and O–H groups in total. The van der Waals surface area contributed by atoms with E-state index in [-0.39, 0.29) is 27.5 Å². The van der Waals surface area contributed by atoms with Crippen LogP contribution in [-0.2, 0) is 10.0 Å². The molecule has 0 radical (unpaired) electrons. The van der Waals surface area contributed by atoms with E-state index in [0.717, 1.165) is 21.7 Å². The Balaban J connectivity index is 1.77. The highest BCUT2D eigenvalue weighted by Gasteiger charge is 2.24. The van der Waals surface area contributed by atoms with Crippen molar-refractivity contribution in [1.82, 2.24) is 8.87 Å². The predicted octanol–water partition coefficient (Wildman–Crippen LogP) is 6.24. The quantitative estimate of drug-likeness (QED) is 0.149. The van der Waals surface area contributed by atoms with Gasteiger partial charge in [0, 0.05) is 44.0 Å². The van der Waals surface area contributed by atoms with Crippen molar-refractivity contribution in [3.05, 3.63) is 95.8 Å². The molecule has 0 bridgehead atoms. The lowest BCUT2D eigenvalue weighted by Gasteiger charge is -2.14. The van der Waals surface area contributed by atoms with Crippen LogP contribution < -0.4 is 4.74 Å². The van der Waals surface area contributed by atoms with Gasteiger partial charge in [0.05, 0.1) is 20.9 Å². The first kappa shape index (κ1) is 26.4. The summed E-state index contributed by atoms with van der Waals surface area (Å²) in [6, 6.07) is 12.6. The van der Waals surface area contributed by atoms with Gasteiger partial charge in [-0.15, -0.1) is 11.8 Å². The Morgan fingerprint density at radius 1 is 1.03 bits per heavy atom. The van der Waals surface area contributed by atoms with Crippen LogP contribution in [0, 0.1) is 18.6 Å². The lowest BCUT2D eigenvalue weighted by atomic mass is 10.1. The second kappa shape index (κ2) is 10.4. The molecule has 37 heavy (non-hydrogen) atoms. The summed E-state index contributed by atoms with van der Waals surface area (Å²) in [7, 11) is -0.525. The van der Waals surface area contributed by atoms with Crippen LogP contribution in [0.15, 0.2) is 82.9 Å². The van der Waals surface area contributed by atoms with Crippen LogP contribution in [0.4, 0.5) is 8.78 Å². The summed E-state index contributed by atoms with van der Waals surface area (Å²) in [5.74, 6) is -2.21. The fraction of sp³-hybridized carbons (Fsp3) is 0.148. The fourth-order valence-corrected chi connectivity index (χ4v) is 5.74.